The zero-order valence-corrected chi connectivity index (χ0v) is 40.0. The lowest BCUT2D eigenvalue weighted by molar-refractivity contribution is 0.601. The highest BCUT2D eigenvalue weighted by atomic mass is 15.2. The molecule has 70 heavy (non-hydrogen) atoms. The van der Waals surface area contributed by atoms with Gasteiger partial charge in [-0.2, -0.15) is 0 Å². The third-order valence-electron chi connectivity index (χ3n) is 16.3. The van der Waals surface area contributed by atoms with Crippen LogP contribution in [-0.4, -0.2) is 0 Å². The van der Waals surface area contributed by atoms with Crippen molar-refractivity contribution in [1.82, 2.24) is 0 Å². The predicted octanol–water partition coefficient (Wildman–Crippen LogP) is 18.3. The van der Waals surface area contributed by atoms with Crippen LogP contribution >= 0.6 is 0 Å². The lowest BCUT2D eigenvalue weighted by atomic mass is 9.71. The molecule has 10 aromatic carbocycles. The van der Waals surface area contributed by atoms with E-state index in [9.17, 15) is 0 Å². The van der Waals surface area contributed by atoms with Crippen LogP contribution in [0.1, 0.15) is 49.9 Å². The summed E-state index contributed by atoms with van der Waals surface area (Å²) in [6.45, 7) is 9.93. The second-order valence-corrected chi connectivity index (χ2v) is 20.8. The number of fused-ring (bicyclic) bond motifs is 14. The van der Waals surface area contributed by atoms with Crippen molar-refractivity contribution >= 4 is 71.5 Å². The standard InChI is InChI=1S/C68H52N2/c1-67(2)57-41-47(69(59-33-15-23-43-19-5-9-27-49(43)59)60-34-16-24-44-20-6-10-28-50(44)60)37-39-55(57)63-53-31-13-14-32-54(53)64-56-40-38-48(42-58(56)68(3,4)66(64)65(63)67)70(61-35-17-25-45-21-7-11-29-51(45)61)62-36-18-26-46-22-8-12-30-52(46)62/h5-43,49H,1-4H3. The van der Waals surface area contributed by atoms with Crippen molar-refractivity contribution in [3.63, 3.8) is 0 Å². The molecule has 2 atom stereocenters. The molecular formula is C68H52N2. The topological polar surface area (TPSA) is 6.48 Å². The SMILES string of the molecule is CC1(C)c2cc(N(C3=CC=CC4C=CC=CC34)c3cccc4ccccc34)ccc2-c2c1c1c(c3ccccc23)-c2ccc(N(c3cccc4ccccc34)c3cccc4ccccc34)cc2C1(C)C. The van der Waals surface area contributed by atoms with Crippen molar-refractivity contribution in [1.29, 1.82) is 0 Å². The first-order chi connectivity index (χ1) is 34.3. The normalized spacial score (nSPS) is 17.6. The Hall–Kier alpha value is -8.20. The Kier molecular flexibility index (Phi) is 8.84. The molecule has 0 amide bonds. The molecule has 0 saturated heterocycles. The number of hydrogen-bond donors (Lipinski definition) is 0. The van der Waals surface area contributed by atoms with Crippen LogP contribution in [0.15, 0.2) is 236 Å². The van der Waals surface area contributed by atoms with E-state index < -0.39 is 0 Å². The smallest absolute Gasteiger partial charge is 0.0540 e. The maximum atomic E-state index is 2.56. The van der Waals surface area contributed by atoms with Crippen LogP contribution in [0, 0.1) is 11.8 Å². The number of allylic oxidation sites excluding steroid dienone is 7. The monoisotopic (exact) mass is 896 g/mol. The first kappa shape index (κ1) is 40.8. The Balaban J connectivity index is 0.967. The molecule has 2 unspecified atom stereocenters. The minimum Gasteiger partial charge on any atom is -0.313 e. The quantitative estimate of drug-likeness (QED) is 0.164. The van der Waals surface area contributed by atoms with Gasteiger partial charge >= 0.3 is 0 Å². The van der Waals surface area contributed by atoms with E-state index in [-0.39, 0.29) is 16.7 Å². The van der Waals surface area contributed by atoms with Gasteiger partial charge in [-0.1, -0.05) is 210 Å². The van der Waals surface area contributed by atoms with Crippen LogP contribution < -0.4 is 9.80 Å². The lowest BCUT2D eigenvalue weighted by Gasteiger charge is -2.37. The molecule has 0 saturated carbocycles. The van der Waals surface area contributed by atoms with Gasteiger partial charge in [0.25, 0.3) is 0 Å². The summed E-state index contributed by atoms with van der Waals surface area (Å²) in [4.78, 5) is 5.07. The van der Waals surface area contributed by atoms with Crippen LogP contribution in [0.2, 0.25) is 0 Å². The van der Waals surface area contributed by atoms with Crippen LogP contribution in [-0.2, 0) is 10.8 Å². The van der Waals surface area contributed by atoms with Gasteiger partial charge in [0.2, 0.25) is 0 Å². The van der Waals surface area contributed by atoms with Crippen LogP contribution in [0.25, 0.3) is 65.3 Å². The lowest BCUT2D eigenvalue weighted by Crippen LogP contribution is -2.28. The average Bonchev–Trinajstić information content (AvgIpc) is 3.78. The summed E-state index contributed by atoms with van der Waals surface area (Å²) in [5, 5.41) is 10.0. The Labute approximate surface area is 410 Å². The molecule has 0 heterocycles. The van der Waals surface area contributed by atoms with Gasteiger partial charge in [-0.15, -0.1) is 0 Å². The van der Waals surface area contributed by atoms with E-state index in [2.05, 4.69) is 268 Å². The molecular weight excluding hydrogens is 845 g/mol. The van der Waals surface area contributed by atoms with Crippen molar-refractivity contribution < 1.29 is 0 Å². The van der Waals surface area contributed by atoms with E-state index in [0.717, 1.165) is 5.69 Å². The van der Waals surface area contributed by atoms with Gasteiger partial charge in [-0.25, -0.2) is 0 Å². The number of hydrogen-bond acceptors (Lipinski definition) is 2. The highest BCUT2D eigenvalue weighted by Crippen LogP contribution is 2.63. The highest BCUT2D eigenvalue weighted by molar-refractivity contribution is 6.14. The number of anilines is 5. The molecule has 0 bridgehead atoms. The summed E-state index contributed by atoms with van der Waals surface area (Å²) in [7, 11) is 0. The summed E-state index contributed by atoms with van der Waals surface area (Å²) in [5.41, 5.74) is 17.6. The largest absolute Gasteiger partial charge is 0.313 e. The Morgan fingerprint density at radius 1 is 0.371 bits per heavy atom. The van der Waals surface area contributed by atoms with E-state index in [1.807, 2.05) is 0 Å². The van der Waals surface area contributed by atoms with Gasteiger partial charge < -0.3 is 9.80 Å². The van der Waals surface area contributed by atoms with Gasteiger partial charge in [-0.05, 0) is 120 Å². The van der Waals surface area contributed by atoms with E-state index in [1.165, 1.54) is 116 Å². The molecule has 14 rings (SSSR count). The van der Waals surface area contributed by atoms with Gasteiger partial charge in [0.05, 0.1) is 17.1 Å². The molecule has 0 fully saturated rings. The van der Waals surface area contributed by atoms with E-state index >= 15 is 0 Å². The molecule has 2 nitrogen and oxygen atoms in total. The molecule has 0 aromatic heterocycles. The number of benzene rings is 10. The average molecular weight is 897 g/mol. The van der Waals surface area contributed by atoms with Crippen molar-refractivity contribution in [3.05, 3.63) is 259 Å². The fraction of sp³-hybridized carbons (Fsp3) is 0.118. The molecule has 0 spiro atoms. The van der Waals surface area contributed by atoms with E-state index in [4.69, 9.17) is 0 Å². The molecule has 10 aromatic rings. The maximum Gasteiger partial charge on any atom is 0.0540 e. The Bertz CT molecular complexity index is 3890. The fourth-order valence-corrected chi connectivity index (χ4v) is 13.1. The second kappa shape index (κ2) is 15.1. The van der Waals surface area contributed by atoms with Gasteiger partial charge in [0.15, 0.2) is 0 Å². The van der Waals surface area contributed by atoms with Gasteiger partial charge in [0, 0.05) is 55.9 Å². The highest BCUT2D eigenvalue weighted by Gasteiger charge is 2.48. The van der Waals surface area contributed by atoms with E-state index in [0.29, 0.717) is 5.92 Å². The molecule has 334 valence electrons. The van der Waals surface area contributed by atoms with Crippen LogP contribution in [0.5, 0.6) is 0 Å². The maximum absolute atomic E-state index is 2.56. The molecule has 0 N–H and O–H groups in total. The summed E-state index contributed by atoms with van der Waals surface area (Å²) >= 11 is 0. The summed E-state index contributed by atoms with van der Waals surface area (Å²) in [6.07, 6.45) is 16.1. The van der Waals surface area contributed by atoms with Gasteiger partial charge in [0.1, 0.15) is 0 Å². The minimum atomic E-state index is -0.315. The first-order valence-electron chi connectivity index (χ1n) is 24.9. The van der Waals surface area contributed by atoms with Crippen molar-refractivity contribution in [3.8, 4) is 22.3 Å². The van der Waals surface area contributed by atoms with E-state index in [1.54, 1.807) is 0 Å². The molecule has 0 radical (unpaired) electrons. The van der Waals surface area contributed by atoms with Crippen LogP contribution in [0.4, 0.5) is 28.4 Å². The minimum absolute atomic E-state index is 0.223. The third-order valence-corrected chi connectivity index (χ3v) is 16.3. The van der Waals surface area contributed by atoms with Gasteiger partial charge in [-0.3, -0.25) is 0 Å². The fourth-order valence-electron chi connectivity index (χ4n) is 13.1. The molecule has 2 heteroatoms. The van der Waals surface area contributed by atoms with Crippen LogP contribution in [0.3, 0.4) is 0 Å². The molecule has 4 aliphatic rings. The third kappa shape index (κ3) is 5.80. The van der Waals surface area contributed by atoms with Crippen molar-refractivity contribution in [2.75, 3.05) is 9.80 Å². The first-order valence-corrected chi connectivity index (χ1v) is 24.9. The zero-order valence-electron chi connectivity index (χ0n) is 40.0. The summed E-state index contributed by atoms with van der Waals surface area (Å²) in [5.74, 6) is 0.531. The second-order valence-electron chi connectivity index (χ2n) is 20.8. The zero-order chi connectivity index (χ0) is 46.9. The Morgan fingerprint density at radius 2 is 0.771 bits per heavy atom. The Morgan fingerprint density at radius 3 is 1.27 bits per heavy atom. The van der Waals surface area contributed by atoms with Crippen molar-refractivity contribution in [2.45, 2.75) is 38.5 Å². The molecule has 4 aliphatic carbocycles. The summed E-state index contributed by atoms with van der Waals surface area (Å²) in [6, 6.07) is 70.5. The van der Waals surface area contributed by atoms with Crippen molar-refractivity contribution in [2.24, 2.45) is 11.8 Å². The number of nitrogens with zero attached hydrogens (tertiary/aromatic N) is 2. The summed E-state index contributed by atoms with van der Waals surface area (Å²) < 4.78 is 0. The molecule has 0 aliphatic heterocycles. The number of rotatable bonds is 6. The predicted molar refractivity (Wildman–Crippen MR) is 297 cm³/mol.